The van der Waals surface area contributed by atoms with E-state index in [4.69, 9.17) is 10.3 Å². The molecule has 4 nitrogen and oxygen atoms in total. The van der Waals surface area contributed by atoms with Crippen molar-refractivity contribution in [3.05, 3.63) is 17.5 Å². The van der Waals surface area contributed by atoms with Crippen molar-refractivity contribution >= 4 is 0 Å². The fourth-order valence-corrected chi connectivity index (χ4v) is 1.92. The topological polar surface area (TPSA) is 55.3 Å². The van der Waals surface area contributed by atoms with Gasteiger partial charge in [-0.05, 0) is 18.9 Å². The molecule has 1 aliphatic rings. The fraction of sp³-hybridized carbons (Fsp3) is 0.700. The highest BCUT2D eigenvalue weighted by atomic mass is 16.5. The lowest BCUT2D eigenvalue weighted by molar-refractivity contribution is 0.267. The summed E-state index contributed by atoms with van der Waals surface area (Å²) in [5, 5.41) is 3.87. The lowest BCUT2D eigenvalue weighted by Gasteiger charge is -2.11. The number of likely N-dealkylation sites (tertiary alicyclic amines) is 1. The summed E-state index contributed by atoms with van der Waals surface area (Å²) in [6.45, 7) is 5.95. The molecule has 0 radical (unpaired) electrons. The highest BCUT2D eigenvalue weighted by molar-refractivity contribution is 5.04. The number of rotatable bonds is 3. The van der Waals surface area contributed by atoms with Gasteiger partial charge in [-0.25, -0.2) is 0 Å². The van der Waals surface area contributed by atoms with Crippen molar-refractivity contribution in [1.82, 2.24) is 10.1 Å². The first kappa shape index (κ1) is 9.68. The highest BCUT2D eigenvalue weighted by Crippen LogP contribution is 2.17. The summed E-state index contributed by atoms with van der Waals surface area (Å²) in [7, 11) is 0. The average molecular weight is 195 g/mol. The molecule has 0 aromatic carbocycles. The van der Waals surface area contributed by atoms with Crippen molar-refractivity contribution in [2.45, 2.75) is 26.4 Å². The van der Waals surface area contributed by atoms with Crippen LogP contribution in [0.15, 0.2) is 10.6 Å². The highest BCUT2D eigenvalue weighted by Gasteiger charge is 2.19. The monoisotopic (exact) mass is 195 g/mol. The predicted molar refractivity (Wildman–Crippen MR) is 53.5 cm³/mol. The maximum atomic E-state index is 5.46. The molecule has 1 aromatic rings. The first-order valence-corrected chi connectivity index (χ1v) is 5.15. The van der Waals surface area contributed by atoms with Crippen LogP contribution in [0.2, 0.25) is 0 Å². The van der Waals surface area contributed by atoms with Crippen LogP contribution in [-0.4, -0.2) is 23.1 Å². The third-order valence-electron chi connectivity index (χ3n) is 2.70. The van der Waals surface area contributed by atoms with Gasteiger partial charge in [-0.3, -0.25) is 4.90 Å². The van der Waals surface area contributed by atoms with Crippen molar-refractivity contribution in [3.8, 4) is 0 Å². The van der Waals surface area contributed by atoms with Crippen molar-refractivity contribution in [1.29, 1.82) is 0 Å². The predicted octanol–water partition coefficient (Wildman–Crippen LogP) is 0.975. The molecule has 0 amide bonds. The van der Waals surface area contributed by atoms with Gasteiger partial charge in [-0.2, -0.15) is 0 Å². The maximum absolute atomic E-state index is 5.46. The van der Waals surface area contributed by atoms with Gasteiger partial charge in [0.1, 0.15) is 0 Å². The molecule has 1 saturated heterocycles. The van der Waals surface area contributed by atoms with E-state index in [9.17, 15) is 0 Å². The van der Waals surface area contributed by atoms with Crippen LogP contribution in [0.3, 0.4) is 0 Å². The zero-order valence-corrected chi connectivity index (χ0v) is 8.57. The van der Waals surface area contributed by atoms with Gasteiger partial charge in [-0.1, -0.05) is 12.1 Å². The Hall–Kier alpha value is -0.870. The minimum atomic E-state index is 0.458. The Morgan fingerprint density at radius 2 is 2.57 bits per heavy atom. The molecule has 2 heterocycles. The van der Waals surface area contributed by atoms with Crippen LogP contribution in [0.25, 0.3) is 0 Å². The third kappa shape index (κ3) is 2.13. The molecule has 0 spiro atoms. The first-order valence-electron chi connectivity index (χ1n) is 5.15. The Morgan fingerprint density at radius 1 is 1.71 bits per heavy atom. The fourth-order valence-electron chi connectivity index (χ4n) is 1.92. The second-order valence-electron chi connectivity index (χ2n) is 4.12. The molecule has 1 unspecified atom stereocenters. The summed E-state index contributed by atoms with van der Waals surface area (Å²) in [4.78, 5) is 2.39. The molecule has 2 rings (SSSR count). The van der Waals surface area contributed by atoms with Crippen molar-refractivity contribution in [3.63, 3.8) is 0 Å². The lowest BCUT2D eigenvalue weighted by Crippen LogP contribution is -2.19. The second-order valence-corrected chi connectivity index (χ2v) is 4.12. The van der Waals surface area contributed by atoms with Gasteiger partial charge in [0, 0.05) is 19.2 Å². The summed E-state index contributed by atoms with van der Waals surface area (Å²) in [6, 6.07) is 1.95. The van der Waals surface area contributed by atoms with Gasteiger partial charge in [0.05, 0.1) is 12.2 Å². The van der Waals surface area contributed by atoms with E-state index < -0.39 is 0 Å². The average Bonchev–Trinajstić information content (AvgIpc) is 2.76. The van der Waals surface area contributed by atoms with Crippen molar-refractivity contribution in [2.24, 2.45) is 11.7 Å². The maximum Gasteiger partial charge on any atom is 0.151 e. The van der Waals surface area contributed by atoms with Crippen molar-refractivity contribution < 1.29 is 4.52 Å². The van der Waals surface area contributed by atoms with E-state index >= 15 is 0 Å². The van der Waals surface area contributed by atoms with Gasteiger partial charge in [0.2, 0.25) is 0 Å². The van der Waals surface area contributed by atoms with E-state index in [-0.39, 0.29) is 0 Å². The third-order valence-corrected chi connectivity index (χ3v) is 2.70. The van der Waals surface area contributed by atoms with Crippen LogP contribution in [-0.2, 0) is 13.1 Å². The number of aromatic nitrogens is 1. The molecule has 78 valence electrons. The van der Waals surface area contributed by atoms with Crippen LogP contribution in [0, 0.1) is 5.92 Å². The van der Waals surface area contributed by atoms with E-state index in [1.165, 1.54) is 19.5 Å². The summed E-state index contributed by atoms with van der Waals surface area (Å²) in [5.41, 5.74) is 6.30. The summed E-state index contributed by atoms with van der Waals surface area (Å²) >= 11 is 0. The molecular weight excluding hydrogens is 178 g/mol. The van der Waals surface area contributed by atoms with Crippen LogP contribution in [0.1, 0.15) is 24.8 Å². The first-order chi connectivity index (χ1) is 6.78. The van der Waals surface area contributed by atoms with E-state index in [1.807, 2.05) is 6.07 Å². The van der Waals surface area contributed by atoms with Crippen LogP contribution in [0.5, 0.6) is 0 Å². The summed E-state index contributed by atoms with van der Waals surface area (Å²) in [5.74, 6) is 1.74. The Labute approximate surface area is 84.0 Å². The molecule has 1 atom stereocenters. The van der Waals surface area contributed by atoms with Crippen molar-refractivity contribution in [2.75, 3.05) is 13.1 Å². The number of nitrogens with zero attached hydrogens (tertiary/aromatic N) is 2. The largest absolute Gasteiger partial charge is 0.360 e. The van der Waals surface area contributed by atoms with E-state index in [0.717, 1.165) is 23.9 Å². The second kappa shape index (κ2) is 4.11. The molecule has 0 bridgehead atoms. The lowest BCUT2D eigenvalue weighted by atomic mass is 10.2. The Kier molecular flexibility index (Phi) is 2.84. The standard InChI is InChI=1S/C10H17N3O/c1-8-2-3-13(6-8)7-10-4-9(5-11)12-14-10/h4,8H,2-3,5-7,11H2,1H3. The Bertz CT molecular complexity index is 297. The van der Waals surface area contributed by atoms with E-state index in [0.29, 0.717) is 6.54 Å². The molecule has 2 N–H and O–H groups in total. The summed E-state index contributed by atoms with van der Waals surface area (Å²) < 4.78 is 5.18. The summed E-state index contributed by atoms with van der Waals surface area (Å²) in [6.07, 6.45) is 1.29. The molecule has 1 aliphatic heterocycles. The molecule has 1 aromatic heterocycles. The minimum Gasteiger partial charge on any atom is -0.360 e. The molecular formula is C10H17N3O. The van der Waals surface area contributed by atoms with Gasteiger partial charge in [-0.15, -0.1) is 0 Å². The van der Waals surface area contributed by atoms with Gasteiger partial charge in [0.25, 0.3) is 0 Å². The van der Waals surface area contributed by atoms with Gasteiger partial charge < -0.3 is 10.3 Å². The molecule has 0 aliphatic carbocycles. The van der Waals surface area contributed by atoms with E-state index in [1.54, 1.807) is 0 Å². The Morgan fingerprint density at radius 3 is 3.14 bits per heavy atom. The zero-order chi connectivity index (χ0) is 9.97. The SMILES string of the molecule is CC1CCN(Cc2cc(CN)no2)C1. The molecule has 14 heavy (non-hydrogen) atoms. The Balaban J connectivity index is 1.90. The molecule has 0 saturated carbocycles. The number of hydrogen-bond donors (Lipinski definition) is 1. The number of nitrogens with two attached hydrogens (primary N) is 1. The zero-order valence-electron chi connectivity index (χ0n) is 8.57. The molecule has 1 fully saturated rings. The smallest absolute Gasteiger partial charge is 0.151 e. The van der Waals surface area contributed by atoms with E-state index in [2.05, 4.69) is 17.0 Å². The van der Waals surface area contributed by atoms with Crippen LogP contribution < -0.4 is 5.73 Å². The van der Waals surface area contributed by atoms with Crippen LogP contribution >= 0.6 is 0 Å². The quantitative estimate of drug-likeness (QED) is 0.781. The van der Waals surface area contributed by atoms with Gasteiger partial charge >= 0.3 is 0 Å². The van der Waals surface area contributed by atoms with Crippen LogP contribution in [0.4, 0.5) is 0 Å². The number of hydrogen-bond acceptors (Lipinski definition) is 4. The minimum absolute atomic E-state index is 0.458. The molecule has 4 heteroatoms. The normalized spacial score (nSPS) is 23.1. The van der Waals surface area contributed by atoms with Gasteiger partial charge in [0.15, 0.2) is 5.76 Å².